The van der Waals surface area contributed by atoms with E-state index in [4.69, 9.17) is 0 Å². The molecule has 0 bridgehead atoms. The minimum Gasteiger partial charge on any atom is -0.358 e. The Morgan fingerprint density at radius 1 is 1.22 bits per heavy atom. The molecular weight excluding hydrogens is 239 g/mol. The SMILES string of the molecule is FC(F)(F)C[C@@H]1CCCc2c1[nH]c1ccccc21. The van der Waals surface area contributed by atoms with Crippen molar-refractivity contribution in [3.05, 3.63) is 35.5 Å². The molecule has 96 valence electrons. The molecule has 0 amide bonds. The zero-order valence-electron chi connectivity index (χ0n) is 9.85. The van der Waals surface area contributed by atoms with E-state index in [1.54, 1.807) is 0 Å². The van der Waals surface area contributed by atoms with Gasteiger partial charge in [0.25, 0.3) is 0 Å². The topological polar surface area (TPSA) is 15.8 Å². The third kappa shape index (κ3) is 2.00. The first-order chi connectivity index (χ1) is 8.54. The van der Waals surface area contributed by atoms with Crippen LogP contribution in [0.1, 0.15) is 36.4 Å². The van der Waals surface area contributed by atoms with Crippen molar-refractivity contribution in [1.82, 2.24) is 4.98 Å². The van der Waals surface area contributed by atoms with E-state index in [1.165, 1.54) is 0 Å². The molecule has 18 heavy (non-hydrogen) atoms. The number of alkyl halides is 3. The molecule has 1 N–H and O–H groups in total. The quantitative estimate of drug-likeness (QED) is 0.768. The molecule has 1 nitrogen and oxygen atoms in total. The third-order valence-corrected chi connectivity index (χ3v) is 3.71. The van der Waals surface area contributed by atoms with Gasteiger partial charge in [-0.1, -0.05) is 18.2 Å². The van der Waals surface area contributed by atoms with Crippen LogP contribution >= 0.6 is 0 Å². The number of aromatic nitrogens is 1. The maximum absolute atomic E-state index is 12.6. The molecule has 0 spiro atoms. The highest BCUT2D eigenvalue weighted by Gasteiger charge is 2.35. The average molecular weight is 253 g/mol. The minimum absolute atomic E-state index is 0.402. The number of hydrogen-bond acceptors (Lipinski definition) is 0. The van der Waals surface area contributed by atoms with E-state index in [9.17, 15) is 13.2 Å². The van der Waals surface area contributed by atoms with E-state index >= 15 is 0 Å². The Hall–Kier alpha value is -1.45. The fourth-order valence-corrected chi connectivity index (χ4v) is 2.99. The first-order valence-electron chi connectivity index (χ1n) is 6.21. The van der Waals surface area contributed by atoms with Crippen LogP contribution in [-0.2, 0) is 6.42 Å². The molecule has 0 saturated carbocycles. The summed E-state index contributed by atoms with van der Waals surface area (Å²) in [5.41, 5.74) is 2.85. The number of benzene rings is 1. The van der Waals surface area contributed by atoms with Crippen molar-refractivity contribution in [2.75, 3.05) is 0 Å². The molecule has 0 radical (unpaired) electrons. The Kier molecular flexibility index (Phi) is 2.61. The molecule has 1 atom stereocenters. The summed E-state index contributed by atoms with van der Waals surface area (Å²) < 4.78 is 37.7. The Morgan fingerprint density at radius 3 is 2.78 bits per heavy atom. The van der Waals surface area contributed by atoms with E-state index in [0.717, 1.165) is 35.0 Å². The van der Waals surface area contributed by atoms with E-state index in [0.29, 0.717) is 6.42 Å². The van der Waals surface area contributed by atoms with Gasteiger partial charge in [-0.3, -0.25) is 0 Å². The van der Waals surface area contributed by atoms with Crippen LogP contribution < -0.4 is 0 Å². The number of halogens is 3. The van der Waals surface area contributed by atoms with Crippen molar-refractivity contribution in [2.45, 2.75) is 37.8 Å². The van der Waals surface area contributed by atoms with E-state index in [-0.39, 0.29) is 0 Å². The lowest BCUT2D eigenvalue weighted by atomic mass is 9.85. The Labute approximate surface area is 103 Å². The van der Waals surface area contributed by atoms with Crippen LogP contribution in [0.5, 0.6) is 0 Å². The summed E-state index contributed by atoms with van der Waals surface area (Å²) in [5.74, 6) is -0.402. The third-order valence-electron chi connectivity index (χ3n) is 3.71. The highest BCUT2D eigenvalue weighted by molar-refractivity contribution is 5.85. The molecule has 1 aromatic heterocycles. The van der Waals surface area contributed by atoms with Crippen LogP contribution in [0.25, 0.3) is 10.9 Å². The molecule has 1 aliphatic carbocycles. The molecule has 0 saturated heterocycles. The monoisotopic (exact) mass is 253 g/mol. The standard InChI is InChI=1S/C14H14F3N/c15-14(16,17)8-9-4-3-6-11-10-5-1-2-7-12(10)18-13(9)11/h1-2,5,7,9,18H,3-4,6,8H2/t9-/m0/s1. The van der Waals surface area contributed by atoms with Crippen LogP contribution in [0.3, 0.4) is 0 Å². The van der Waals surface area contributed by atoms with Crippen LogP contribution in [0.2, 0.25) is 0 Å². The van der Waals surface area contributed by atoms with Gasteiger partial charge in [-0.2, -0.15) is 13.2 Å². The molecule has 1 heterocycles. The van der Waals surface area contributed by atoms with Crippen molar-refractivity contribution in [3.63, 3.8) is 0 Å². The van der Waals surface area contributed by atoms with Crippen molar-refractivity contribution < 1.29 is 13.2 Å². The second kappa shape index (κ2) is 4.04. The van der Waals surface area contributed by atoms with Crippen molar-refractivity contribution in [1.29, 1.82) is 0 Å². The van der Waals surface area contributed by atoms with Crippen LogP contribution in [0.15, 0.2) is 24.3 Å². The predicted octanol–water partition coefficient (Wildman–Crippen LogP) is 4.54. The smallest absolute Gasteiger partial charge is 0.358 e. The number of fused-ring (bicyclic) bond motifs is 3. The molecule has 4 heteroatoms. The van der Waals surface area contributed by atoms with Gasteiger partial charge in [-0.15, -0.1) is 0 Å². The van der Waals surface area contributed by atoms with Gasteiger partial charge >= 0.3 is 6.18 Å². The summed E-state index contributed by atoms with van der Waals surface area (Å²) in [5, 5.41) is 1.08. The molecule has 0 unspecified atom stereocenters. The minimum atomic E-state index is -4.09. The van der Waals surface area contributed by atoms with Gasteiger partial charge in [-0.05, 0) is 30.9 Å². The lowest BCUT2D eigenvalue weighted by Crippen LogP contribution is -2.18. The zero-order chi connectivity index (χ0) is 12.8. The summed E-state index contributed by atoms with van der Waals surface area (Å²) in [4.78, 5) is 3.19. The molecule has 3 rings (SSSR count). The second-order valence-electron chi connectivity index (χ2n) is 4.97. The molecule has 0 aliphatic heterocycles. The van der Waals surface area contributed by atoms with Gasteiger partial charge in [0.1, 0.15) is 0 Å². The number of aromatic amines is 1. The number of nitrogens with one attached hydrogen (secondary N) is 1. The largest absolute Gasteiger partial charge is 0.389 e. The maximum Gasteiger partial charge on any atom is 0.389 e. The number of rotatable bonds is 1. The van der Waals surface area contributed by atoms with Crippen molar-refractivity contribution >= 4 is 10.9 Å². The number of para-hydroxylation sites is 1. The Morgan fingerprint density at radius 2 is 2.00 bits per heavy atom. The summed E-state index contributed by atoms with van der Waals surface area (Å²) in [6.45, 7) is 0. The van der Waals surface area contributed by atoms with Crippen molar-refractivity contribution in [3.8, 4) is 0 Å². The highest BCUT2D eigenvalue weighted by atomic mass is 19.4. The molecule has 2 aromatic rings. The molecule has 1 aliphatic rings. The van der Waals surface area contributed by atoms with E-state index in [1.807, 2.05) is 24.3 Å². The average Bonchev–Trinajstić information content (AvgIpc) is 2.67. The Bertz CT molecular complexity index is 568. The van der Waals surface area contributed by atoms with Gasteiger partial charge in [0.2, 0.25) is 0 Å². The van der Waals surface area contributed by atoms with Crippen LogP contribution in [-0.4, -0.2) is 11.2 Å². The number of aryl methyl sites for hydroxylation is 1. The van der Waals surface area contributed by atoms with Crippen LogP contribution in [0, 0.1) is 0 Å². The normalized spacial score (nSPS) is 20.1. The van der Waals surface area contributed by atoms with E-state index < -0.39 is 18.5 Å². The van der Waals surface area contributed by atoms with Gasteiger partial charge < -0.3 is 4.98 Å². The number of H-pyrrole nitrogens is 1. The van der Waals surface area contributed by atoms with E-state index in [2.05, 4.69) is 4.98 Å². The van der Waals surface area contributed by atoms with Crippen molar-refractivity contribution in [2.24, 2.45) is 0 Å². The van der Waals surface area contributed by atoms with Gasteiger partial charge in [0.05, 0.1) is 6.42 Å². The molecular formula is C14H14F3N. The highest BCUT2D eigenvalue weighted by Crippen LogP contribution is 2.41. The van der Waals surface area contributed by atoms with Gasteiger partial charge in [0, 0.05) is 22.5 Å². The summed E-state index contributed by atoms with van der Waals surface area (Å²) >= 11 is 0. The first-order valence-corrected chi connectivity index (χ1v) is 6.21. The maximum atomic E-state index is 12.6. The number of hydrogen-bond donors (Lipinski definition) is 1. The fraction of sp³-hybridized carbons (Fsp3) is 0.429. The zero-order valence-corrected chi connectivity index (χ0v) is 9.85. The molecule has 0 fully saturated rings. The summed E-state index contributed by atoms with van der Waals surface area (Å²) in [6, 6.07) is 7.76. The Balaban J connectivity index is 2.05. The lowest BCUT2D eigenvalue weighted by Gasteiger charge is -2.23. The van der Waals surface area contributed by atoms with Gasteiger partial charge in [0.15, 0.2) is 0 Å². The second-order valence-corrected chi connectivity index (χ2v) is 4.97. The van der Waals surface area contributed by atoms with Crippen LogP contribution in [0.4, 0.5) is 13.2 Å². The predicted molar refractivity (Wildman–Crippen MR) is 64.6 cm³/mol. The summed E-state index contributed by atoms with van der Waals surface area (Å²) in [6.07, 6.45) is -2.45. The molecule has 1 aromatic carbocycles. The summed E-state index contributed by atoms with van der Waals surface area (Å²) in [7, 11) is 0. The lowest BCUT2D eigenvalue weighted by molar-refractivity contribution is -0.139. The van der Waals surface area contributed by atoms with Gasteiger partial charge in [-0.25, -0.2) is 0 Å². The first kappa shape index (κ1) is 11.6. The fourth-order valence-electron chi connectivity index (χ4n) is 2.99.